The summed E-state index contributed by atoms with van der Waals surface area (Å²) < 4.78 is 2.49. The van der Waals surface area contributed by atoms with Gasteiger partial charge in [0.25, 0.3) is 0 Å². The molecule has 0 N–H and O–H groups in total. The zero-order valence-electron chi connectivity index (χ0n) is 10.8. The molecule has 20 heavy (non-hydrogen) atoms. The van der Waals surface area contributed by atoms with Crippen molar-refractivity contribution in [3.63, 3.8) is 0 Å². The van der Waals surface area contributed by atoms with Crippen LogP contribution in [0.5, 0.6) is 0 Å². The van der Waals surface area contributed by atoms with Gasteiger partial charge in [0.2, 0.25) is 5.91 Å². The highest BCUT2D eigenvalue weighted by molar-refractivity contribution is 8.03. The normalized spacial score (nSPS) is 10.8. The van der Waals surface area contributed by atoms with E-state index >= 15 is 0 Å². The molecule has 9 heteroatoms. The Labute approximate surface area is 138 Å². The maximum Gasteiger partial charge on any atom is 0.233 e. The minimum Gasteiger partial charge on any atom is -0.340 e. The lowest BCUT2D eigenvalue weighted by Gasteiger charge is -2.15. The highest BCUT2D eigenvalue weighted by Gasteiger charge is 2.13. The van der Waals surface area contributed by atoms with Crippen LogP contribution in [0.4, 0.5) is 0 Å². The molecule has 0 radical (unpaired) electrons. The molecule has 1 amide bonds. The van der Waals surface area contributed by atoms with Crippen molar-refractivity contribution in [1.29, 1.82) is 0 Å². The zero-order valence-corrected chi connectivity index (χ0v) is 14.9. The van der Waals surface area contributed by atoms with E-state index in [1.165, 1.54) is 34.4 Å². The van der Waals surface area contributed by atoms with E-state index in [-0.39, 0.29) is 5.91 Å². The monoisotopic (exact) mass is 365 g/mol. The molecule has 0 aromatic carbocycles. The molecule has 0 saturated heterocycles. The predicted molar refractivity (Wildman–Crippen MR) is 88.2 cm³/mol. The Kier molecular flexibility index (Phi) is 6.16. The van der Waals surface area contributed by atoms with E-state index < -0.39 is 0 Å². The van der Waals surface area contributed by atoms with Crippen molar-refractivity contribution >= 4 is 63.7 Å². The molecule has 0 aliphatic carbocycles. The molecule has 0 unspecified atom stereocenters. The lowest BCUT2D eigenvalue weighted by molar-refractivity contribution is -0.127. The van der Waals surface area contributed by atoms with Crippen molar-refractivity contribution in [2.45, 2.75) is 15.2 Å². The molecule has 0 saturated carbocycles. The van der Waals surface area contributed by atoms with Crippen molar-refractivity contribution in [1.82, 2.24) is 15.1 Å². The fourth-order valence-electron chi connectivity index (χ4n) is 1.33. The van der Waals surface area contributed by atoms with E-state index in [1.807, 2.05) is 18.4 Å². The SMILES string of the molecule is CSc1nnc(SCC(=O)N(C)Cc2ccc(Cl)s2)s1. The smallest absolute Gasteiger partial charge is 0.233 e. The number of halogens is 1. The molecular weight excluding hydrogens is 354 g/mol. The van der Waals surface area contributed by atoms with E-state index in [1.54, 1.807) is 23.7 Å². The minimum absolute atomic E-state index is 0.0698. The average Bonchev–Trinajstić information content (AvgIpc) is 3.04. The number of carbonyl (C=O) groups excluding carboxylic acids is 1. The maximum absolute atomic E-state index is 12.0. The van der Waals surface area contributed by atoms with Gasteiger partial charge in [-0.2, -0.15) is 0 Å². The standard InChI is InChI=1S/C11H12ClN3OS4/c1-15(5-7-3-4-8(12)19-7)9(16)6-18-11-14-13-10(17-2)20-11/h3-4H,5-6H2,1-2H3. The summed E-state index contributed by atoms with van der Waals surface area (Å²) in [5, 5.41) is 8.03. The Hall–Kier alpha value is -0.280. The Balaban J connectivity index is 1.81. The van der Waals surface area contributed by atoms with Gasteiger partial charge in [0.1, 0.15) is 0 Å². The van der Waals surface area contributed by atoms with Crippen molar-refractivity contribution in [2.75, 3.05) is 19.1 Å². The summed E-state index contributed by atoms with van der Waals surface area (Å²) in [5.74, 6) is 0.443. The number of nitrogens with zero attached hydrogens (tertiary/aromatic N) is 3. The van der Waals surface area contributed by atoms with Crippen molar-refractivity contribution < 1.29 is 4.79 Å². The van der Waals surface area contributed by atoms with E-state index in [0.717, 1.165) is 17.9 Å². The first-order valence-corrected chi connectivity index (χ1v) is 9.79. The Morgan fingerprint density at radius 2 is 2.10 bits per heavy atom. The van der Waals surface area contributed by atoms with Gasteiger partial charge in [-0.3, -0.25) is 4.79 Å². The van der Waals surface area contributed by atoms with Crippen molar-refractivity contribution in [3.05, 3.63) is 21.3 Å². The lowest BCUT2D eigenvalue weighted by atomic mass is 10.4. The minimum atomic E-state index is 0.0698. The molecule has 0 atom stereocenters. The summed E-state index contributed by atoms with van der Waals surface area (Å²) >= 11 is 11.9. The molecule has 0 aliphatic rings. The number of amides is 1. The first-order chi connectivity index (χ1) is 9.58. The van der Waals surface area contributed by atoms with Gasteiger partial charge in [0.15, 0.2) is 8.68 Å². The van der Waals surface area contributed by atoms with E-state index in [4.69, 9.17) is 11.6 Å². The van der Waals surface area contributed by atoms with Gasteiger partial charge in [-0.05, 0) is 18.4 Å². The summed E-state index contributed by atoms with van der Waals surface area (Å²) in [7, 11) is 1.80. The molecule has 2 heterocycles. The predicted octanol–water partition coefficient (Wildman–Crippen LogP) is 3.73. The number of carbonyl (C=O) groups is 1. The molecular formula is C11H12ClN3OS4. The molecule has 4 nitrogen and oxygen atoms in total. The molecule has 0 fully saturated rings. The van der Waals surface area contributed by atoms with Gasteiger partial charge in [0, 0.05) is 11.9 Å². The van der Waals surface area contributed by atoms with Crippen LogP contribution in [-0.2, 0) is 11.3 Å². The van der Waals surface area contributed by atoms with Crippen molar-refractivity contribution in [3.8, 4) is 0 Å². The highest BCUT2D eigenvalue weighted by Crippen LogP contribution is 2.27. The van der Waals surface area contributed by atoms with Gasteiger partial charge in [-0.15, -0.1) is 21.5 Å². The second kappa shape index (κ2) is 7.65. The molecule has 2 aromatic rings. The van der Waals surface area contributed by atoms with Crippen LogP contribution in [0.2, 0.25) is 4.34 Å². The first kappa shape index (κ1) is 16.1. The number of rotatable bonds is 6. The quantitative estimate of drug-likeness (QED) is 0.730. The fraction of sp³-hybridized carbons (Fsp3) is 0.364. The summed E-state index contributed by atoms with van der Waals surface area (Å²) in [5.41, 5.74) is 0. The van der Waals surface area contributed by atoms with Gasteiger partial charge in [-0.25, -0.2) is 0 Å². The third-order valence-electron chi connectivity index (χ3n) is 2.33. The van der Waals surface area contributed by atoms with Crippen LogP contribution in [0.15, 0.2) is 20.8 Å². The summed E-state index contributed by atoms with van der Waals surface area (Å²) in [6, 6.07) is 3.79. The van der Waals surface area contributed by atoms with Crippen LogP contribution in [0, 0.1) is 0 Å². The molecule has 0 spiro atoms. The number of hydrogen-bond acceptors (Lipinski definition) is 7. The molecule has 2 aromatic heterocycles. The van der Waals surface area contributed by atoms with Gasteiger partial charge in [0.05, 0.1) is 16.6 Å². The number of aromatic nitrogens is 2. The molecule has 0 bridgehead atoms. The van der Waals surface area contributed by atoms with Crippen LogP contribution in [0.25, 0.3) is 0 Å². The second-order valence-electron chi connectivity index (χ2n) is 3.78. The number of thiophene rings is 1. The molecule has 0 aliphatic heterocycles. The Bertz CT molecular complexity index is 586. The summed E-state index contributed by atoms with van der Waals surface area (Å²) in [4.78, 5) is 14.8. The summed E-state index contributed by atoms with van der Waals surface area (Å²) in [6.45, 7) is 0.586. The van der Waals surface area contributed by atoms with E-state index in [0.29, 0.717) is 12.3 Å². The van der Waals surface area contributed by atoms with Crippen LogP contribution >= 0.6 is 57.8 Å². The lowest BCUT2D eigenvalue weighted by Crippen LogP contribution is -2.27. The summed E-state index contributed by atoms with van der Waals surface area (Å²) in [6.07, 6.45) is 1.96. The van der Waals surface area contributed by atoms with Crippen LogP contribution in [0.1, 0.15) is 4.88 Å². The number of hydrogen-bond donors (Lipinski definition) is 0. The third kappa shape index (κ3) is 4.63. The topological polar surface area (TPSA) is 46.1 Å². The van der Waals surface area contributed by atoms with E-state index in [9.17, 15) is 4.79 Å². The van der Waals surface area contributed by atoms with Gasteiger partial charge < -0.3 is 4.90 Å². The van der Waals surface area contributed by atoms with Crippen LogP contribution < -0.4 is 0 Å². The first-order valence-electron chi connectivity index (χ1n) is 5.57. The third-order valence-corrected chi connectivity index (χ3v) is 6.56. The largest absolute Gasteiger partial charge is 0.340 e. The van der Waals surface area contributed by atoms with Gasteiger partial charge in [-0.1, -0.05) is 46.5 Å². The second-order valence-corrected chi connectivity index (χ2v) is 8.84. The van der Waals surface area contributed by atoms with Crippen LogP contribution in [-0.4, -0.2) is 40.1 Å². The fourth-order valence-corrected chi connectivity index (χ4v) is 4.85. The zero-order chi connectivity index (χ0) is 14.5. The Morgan fingerprint density at radius 3 is 2.70 bits per heavy atom. The van der Waals surface area contributed by atoms with Crippen LogP contribution in [0.3, 0.4) is 0 Å². The van der Waals surface area contributed by atoms with E-state index in [2.05, 4.69) is 10.2 Å². The maximum atomic E-state index is 12.0. The van der Waals surface area contributed by atoms with Crippen molar-refractivity contribution in [2.24, 2.45) is 0 Å². The average molecular weight is 366 g/mol. The van der Waals surface area contributed by atoms with Gasteiger partial charge >= 0.3 is 0 Å². The Morgan fingerprint density at radius 1 is 1.35 bits per heavy atom. The highest BCUT2D eigenvalue weighted by atomic mass is 35.5. The number of thioether (sulfide) groups is 2. The molecule has 108 valence electrons. The molecule has 2 rings (SSSR count).